The summed E-state index contributed by atoms with van der Waals surface area (Å²) < 4.78 is 35.6. The second kappa shape index (κ2) is 10.8. The van der Waals surface area contributed by atoms with Crippen molar-refractivity contribution in [3.05, 3.63) is 24.3 Å². The lowest BCUT2D eigenvalue weighted by molar-refractivity contribution is -0.135. The molecule has 1 aromatic rings. The van der Waals surface area contributed by atoms with Gasteiger partial charge in [0, 0.05) is 6.42 Å². The minimum absolute atomic E-state index is 0.127. The van der Waals surface area contributed by atoms with Crippen molar-refractivity contribution in [2.75, 3.05) is 6.54 Å². The minimum atomic E-state index is -4.28. The van der Waals surface area contributed by atoms with E-state index >= 15 is 0 Å². The molecular formula is C17H25NO6S. The highest BCUT2D eigenvalue weighted by atomic mass is 32.2. The number of carbonyl (C=O) groups is 2. The summed E-state index contributed by atoms with van der Waals surface area (Å²) in [5.74, 6) is -0.729. The molecule has 1 amide bonds. The fourth-order valence-electron chi connectivity index (χ4n) is 2.17. The summed E-state index contributed by atoms with van der Waals surface area (Å²) in [6.45, 7) is 1.89. The van der Waals surface area contributed by atoms with Gasteiger partial charge in [-0.05, 0) is 30.7 Å². The van der Waals surface area contributed by atoms with Crippen molar-refractivity contribution in [3.8, 4) is 5.75 Å². The molecule has 0 aliphatic carbocycles. The monoisotopic (exact) mass is 371 g/mol. The Morgan fingerprint density at radius 3 is 2.24 bits per heavy atom. The molecule has 1 aromatic carbocycles. The van der Waals surface area contributed by atoms with Gasteiger partial charge in [0.25, 0.3) is 10.1 Å². The number of rotatable bonds is 11. The lowest BCUT2D eigenvalue weighted by Gasteiger charge is -2.07. The first-order valence-corrected chi connectivity index (χ1v) is 9.82. The van der Waals surface area contributed by atoms with E-state index in [1.807, 2.05) is 0 Å². The van der Waals surface area contributed by atoms with Gasteiger partial charge < -0.3 is 10.1 Å². The van der Waals surface area contributed by atoms with E-state index in [0.29, 0.717) is 6.42 Å². The van der Waals surface area contributed by atoms with Gasteiger partial charge in [-0.1, -0.05) is 39.0 Å². The van der Waals surface area contributed by atoms with Gasteiger partial charge in [-0.3, -0.25) is 9.35 Å². The Labute approximate surface area is 148 Å². The van der Waals surface area contributed by atoms with Crippen molar-refractivity contribution in [2.24, 2.45) is 0 Å². The van der Waals surface area contributed by atoms with Crippen LogP contribution in [0.1, 0.15) is 51.9 Å². The van der Waals surface area contributed by atoms with E-state index in [-0.39, 0.29) is 23.1 Å². The number of ether oxygens (including phenoxy) is 1. The van der Waals surface area contributed by atoms with Crippen LogP contribution in [-0.4, -0.2) is 31.4 Å². The zero-order chi connectivity index (χ0) is 18.7. The Morgan fingerprint density at radius 1 is 1.04 bits per heavy atom. The molecule has 0 aliphatic rings. The molecule has 0 atom stereocenters. The van der Waals surface area contributed by atoms with E-state index in [0.717, 1.165) is 31.4 Å². The molecule has 8 heteroatoms. The van der Waals surface area contributed by atoms with Crippen molar-refractivity contribution in [1.82, 2.24) is 5.32 Å². The molecule has 7 nitrogen and oxygen atoms in total. The average Bonchev–Trinajstić information content (AvgIpc) is 2.56. The van der Waals surface area contributed by atoms with Crippen molar-refractivity contribution in [2.45, 2.75) is 56.8 Å². The predicted molar refractivity (Wildman–Crippen MR) is 92.9 cm³/mol. The summed E-state index contributed by atoms with van der Waals surface area (Å²) in [7, 11) is -4.28. The first-order valence-electron chi connectivity index (χ1n) is 8.38. The number of unbranched alkanes of at least 4 members (excludes halogenated alkanes) is 5. The van der Waals surface area contributed by atoms with E-state index in [2.05, 4.69) is 12.2 Å². The normalized spacial score (nSPS) is 11.1. The molecule has 0 bridgehead atoms. The summed E-state index contributed by atoms with van der Waals surface area (Å²) in [6, 6.07) is 4.74. The molecule has 1 rings (SSSR count). The molecule has 140 valence electrons. The Bertz CT molecular complexity index is 654. The molecular weight excluding hydrogens is 346 g/mol. The molecule has 0 fully saturated rings. The highest BCUT2D eigenvalue weighted by Crippen LogP contribution is 2.15. The van der Waals surface area contributed by atoms with E-state index in [4.69, 9.17) is 9.29 Å². The van der Waals surface area contributed by atoms with Gasteiger partial charge in [0.2, 0.25) is 5.91 Å². The van der Waals surface area contributed by atoms with Crippen LogP contribution in [0.4, 0.5) is 0 Å². The maximum atomic E-state index is 11.6. The summed E-state index contributed by atoms with van der Waals surface area (Å²) >= 11 is 0. The second-order valence-electron chi connectivity index (χ2n) is 5.72. The fourth-order valence-corrected chi connectivity index (χ4v) is 2.65. The Morgan fingerprint density at radius 2 is 1.64 bits per heavy atom. The zero-order valence-corrected chi connectivity index (χ0v) is 15.2. The van der Waals surface area contributed by atoms with Crippen molar-refractivity contribution in [1.29, 1.82) is 0 Å². The summed E-state index contributed by atoms with van der Waals surface area (Å²) in [4.78, 5) is 23.0. The molecule has 0 unspecified atom stereocenters. The van der Waals surface area contributed by atoms with Crippen molar-refractivity contribution < 1.29 is 27.3 Å². The zero-order valence-electron chi connectivity index (χ0n) is 14.4. The third-order valence-corrected chi connectivity index (χ3v) is 4.41. The van der Waals surface area contributed by atoms with E-state index in [1.54, 1.807) is 0 Å². The Kier molecular flexibility index (Phi) is 9.15. The van der Waals surface area contributed by atoms with Crippen molar-refractivity contribution >= 4 is 22.0 Å². The maximum absolute atomic E-state index is 11.6. The highest BCUT2D eigenvalue weighted by Gasteiger charge is 2.11. The average molecular weight is 371 g/mol. The molecule has 0 aromatic heterocycles. The van der Waals surface area contributed by atoms with Crippen LogP contribution in [0.2, 0.25) is 0 Å². The van der Waals surface area contributed by atoms with Gasteiger partial charge in [0.05, 0.1) is 4.90 Å². The van der Waals surface area contributed by atoms with Crippen LogP contribution in [-0.2, 0) is 19.7 Å². The maximum Gasteiger partial charge on any atom is 0.330 e. The van der Waals surface area contributed by atoms with Crippen LogP contribution in [0.25, 0.3) is 0 Å². The molecule has 0 aliphatic heterocycles. The largest absolute Gasteiger partial charge is 0.425 e. The highest BCUT2D eigenvalue weighted by molar-refractivity contribution is 7.85. The van der Waals surface area contributed by atoms with E-state index < -0.39 is 16.1 Å². The number of nitrogens with one attached hydrogen (secondary N) is 1. The third kappa shape index (κ3) is 9.21. The van der Waals surface area contributed by atoms with Crippen LogP contribution in [0.5, 0.6) is 5.75 Å². The van der Waals surface area contributed by atoms with Crippen LogP contribution in [0, 0.1) is 0 Å². The third-order valence-electron chi connectivity index (χ3n) is 3.54. The number of esters is 1. The first kappa shape index (κ1) is 21.1. The molecule has 0 spiro atoms. The predicted octanol–water partition coefficient (Wildman–Crippen LogP) is 2.71. The van der Waals surface area contributed by atoms with Gasteiger partial charge in [0.1, 0.15) is 12.3 Å². The lowest BCUT2D eigenvalue weighted by Crippen LogP contribution is -2.31. The number of hydrogen-bond acceptors (Lipinski definition) is 5. The van der Waals surface area contributed by atoms with Crippen LogP contribution < -0.4 is 10.1 Å². The van der Waals surface area contributed by atoms with Gasteiger partial charge >= 0.3 is 5.97 Å². The van der Waals surface area contributed by atoms with Gasteiger partial charge in [0.15, 0.2) is 0 Å². The van der Waals surface area contributed by atoms with Crippen LogP contribution in [0.15, 0.2) is 29.2 Å². The SMILES string of the molecule is CCCCCCCCC(=O)NCC(=O)Oc1ccc(S(=O)(=O)O)cc1. The standard InChI is InChI=1S/C17H25NO6S/c1-2-3-4-5-6-7-8-16(19)18-13-17(20)24-14-9-11-15(12-10-14)25(21,22)23/h9-12H,2-8,13H2,1H3,(H,18,19)(H,21,22,23). The molecule has 0 saturated heterocycles. The first-order chi connectivity index (χ1) is 11.8. The number of amides is 1. The summed E-state index contributed by atoms with van der Waals surface area (Å²) in [5, 5.41) is 2.49. The van der Waals surface area contributed by atoms with Gasteiger partial charge in [-0.25, -0.2) is 4.79 Å². The molecule has 0 heterocycles. The minimum Gasteiger partial charge on any atom is -0.425 e. The number of hydrogen-bond donors (Lipinski definition) is 2. The van der Waals surface area contributed by atoms with Crippen LogP contribution in [0.3, 0.4) is 0 Å². The van der Waals surface area contributed by atoms with E-state index in [1.165, 1.54) is 31.4 Å². The summed E-state index contributed by atoms with van der Waals surface area (Å²) in [5.41, 5.74) is 0. The number of benzene rings is 1. The quantitative estimate of drug-likeness (QED) is 0.268. The van der Waals surface area contributed by atoms with Crippen LogP contribution >= 0.6 is 0 Å². The fraction of sp³-hybridized carbons (Fsp3) is 0.529. The second-order valence-corrected chi connectivity index (χ2v) is 7.14. The smallest absolute Gasteiger partial charge is 0.330 e. The molecule has 2 N–H and O–H groups in total. The van der Waals surface area contributed by atoms with E-state index in [9.17, 15) is 18.0 Å². The Balaban J connectivity index is 2.25. The molecule has 0 radical (unpaired) electrons. The molecule has 0 saturated carbocycles. The lowest BCUT2D eigenvalue weighted by atomic mass is 10.1. The number of carbonyl (C=O) groups excluding carboxylic acids is 2. The van der Waals surface area contributed by atoms with Gasteiger partial charge in [-0.15, -0.1) is 0 Å². The summed E-state index contributed by atoms with van der Waals surface area (Å²) in [6.07, 6.45) is 6.86. The van der Waals surface area contributed by atoms with Gasteiger partial charge in [-0.2, -0.15) is 8.42 Å². The topological polar surface area (TPSA) is 110 Å². The Hall–Kier alpha value is -1.93. The molecule has 25 heavy (non-hydrogen) atoms. The van der Waals surface area contributed by atoms with Crippen molar-refractivity contribution in [3.63, 3.8) is 0 Å².